The van der Waals surface area contributed by atoms with Crippen molar-refractivity contribution in [2.75, 3.05) is 13.2 Å². The molecular weight excluding hydrogens is 316 g/mol. The van der Waals surface area contributed by atoms with Crippen LogP contribution < -0.4 is 5.69 Å². The monoisotopic (exact) mass is 340 g/mol. The summed E-state index contributed by atoms with van der Waals surface area (Å²) in [6.45, 7) is 5.26. The quantitative estimate of drug-likeness (QED) is 0.597. The molecule has 0 saturated carbocycles. The molecule has 1 aromatic carbocycles. The molecule has 0 spiro atoms. The van der Waals surface area contributed by atoms with Crippen molar-refractivity contribution in [3.05, 3.63) is 64.8 Å². The van der Waals surface area contributed by atoms with E-state index in [1.165, 1.54) is 0 Å². The topological polar surface area (TPSA) is 45.4 Å². The van der Waals surface area contributed by atoms with Gasteiger partial charge in [0, 0.05) is 12.7 Å². The predicted molar refractivity (Wildman–Crippen MR) is 100 cm³/mol. The average Bonchev–Trinajstić information content (AvgIpc) is 2.84. The lowest BCUT2D eigenvalue weighted by Gasteiger charge is -2.27. The minimum absolute atomic E-state index is 0.0618. The van der Waals surface area contributed by atoms with Crippen LogP contribution in [-0.4, -0.2) is 28.5 Å². The molecule has 1 fully saturated rings. The van der Waals surface area contributed by atoms with Crippen LogP contribution in [0.4, 0.5) is 0 Å². The van der Waals surface area contributed by atoms with Gasteiger partial charge in [-0.25, -0.2) is 4.79 Å². The highest BCUT2D eigenvalue weighted by Gasteiger charge is 2.20. The second-order valence-corrected chi connectivity index (χ2v) is 6.00. The summed E-state index contributed by atoms with van der Waals surface area (Å²) in [6.07, 6.45) is 8.82. The normalized spacial score (nSPS) is 16.6. The number of fused-ring (bicyclic) bond motifs is 1. The maximum Gasteiger partial charge on any atom is 0.333 e. The zero-order chi connectivity index (χ0) is 17.8. The van der Waals surface area contributed by atoms with Crippen molar-refractivity contribution < 1.29 is 9.47 Å². The number of hydrogen-bond acceptors (Lipinski definition) is 3. The lowest BCUT2D eigenvalue weighted by molar-refractivity contribution is -0.105. The Morgan fingerprint density at radius 3 is 2.60 bits per heavy atom. The molecule has 0 unspecified atom stereocenters. The van der Waals surface area contributed by atoms with E-state index in [9.17, 15) is 4.79 Å². The SMILES string of the molecule is C\C=C(/C=C\C(=C/CC)OC1COC1)n1c(=O)n(C)c2ccccc21. The third-order valence-corrected chi connectivity index (χ3v) is 4.25. The molecule has 3 rings (SSSR count). The number of hydrogen-bond donors (Lipinski definition) is 0. The number of aromatic nitrogens is 2. The largest absolute Gasteiger partial charge is 0.486 e. The minimum atomic E-state index is -0.0618. The summed E-state index contributed by atoms with van der Waals surface area (Å²) in [5.74, 6) is 0.809. The van der Waals surface area contributed by atoms with Crippen LogP contribution in [0.1, 0.15) is 20.3 Å². The number of nitrogens with zero attached hydrogens (tertiary/aromatic N) is 2. The van der Waals surface area contributed by atoms with Crippen LogP contribution in [0, 0.1) is 0 Å². The summed E-state index contributed by atoms with van der Waals surface area (Å²) >= 11 is 0. The summed E-state index contributed by atoms with van der Waals surface area (Å²) in [5.41, 5.74) is 2.56. The zero-order valence-corrected chi connectivity index (χ0v) is 14.9. The number of aryl methyl sites for hydroxylation is 1. The van der Waals surface area contributed by atoms with Crippen LogP contribution in [0.2, 0.25) is 0 Å². The molecule has 0 atom stereocenters. The minimum Gasteiger partial charge on any atom is -0.486 e. The Morgan fingerprint density at radius 1 is 1.28 bits per heavy atom. The first-order chi connectivity index (χ1) is 12.2. The van der Waals surface area contributed by atoms with Crippen molar-refractivity contribution in [1.29, 1.82) is 0 Å². The van der Waals surface area contributed by atoms with Gasteiger partial charge in [0.2, 0.25) is 0 Å². The molecule has 5 nitrogen and oxygen atoms in total. The van der Waals surface area contributed by atoms with Gasteiger partial charge < -0.3 is 9.47 Å². The Bertz CT molecular complexity index is 895. The van der Waals surface area contributed by atoms with Gasteiger partial charge in [0.1, 0.15) is 11.9 Å². The van der Waals surface area contributed by atoms with Crippen molar-refractivity contribution in [1.82, 2.24) is 9.13 Å². The molecule has 0 aliphatic carbocycles. The van der Waals surface area contributed by atoms with Gasteiger partial charge in [0.25, 0.3) is 0 Å². The number of para-hydroxylation sites is 2. The molecule has 1 aromatic heterocycles. The van der Waals surface area contributed by atoms with E-state index in [0.29, 0.717) is 13.2 Å². The molecule has 0 radical (unpaired) electrons. The Balaban J connectivity index is 1.94. The van der Waals surface area contributed by atoms with Crippen LogP contribution in [0.15, 0.2) is 59.1 Å². The molecule has 0 N–H and O–H groups in total. The molecule has 2 heterocycles. The smallest absolute Gasteiger partial charge is 0.333 e. The van der Waals surface area contributed by atoms with E-state index < -0.39 is 0 Å². The van der Waals surface area contributed by atoms with Gasteiger partial charge in [-0.2, -0.15) is 0 Å². The van der Waals surface area contributed by atoms with Crippen LogP contribution in [0.25, 0.3) is 16.7 Å². The molecule has 0 amide bonds. The standard InChI is InChI=1S/C20H24N2O3/c1-4-8-16(25-17-13-24-14-17)12-11-15(5-2)22-19-10-7-6-9-18(19)21(3)20(22)23/h5-12,17H,4,13-14H2,1-3H3/b12-11-,15-5+,16-8+. The number of rotatable bonds is 6. The van der Waals surface area contributed by atoms with E-state index in [0.717, 1.165) is 28.9 Å². The van der Waals surface area contributed by atoms with E-state index >= 15 is 0 Å². The Hall–Kier alpha value is -2.53. The number of ether oxygens (including phenoxy) is 2. The van der Waals surface area contributed by atoms with Crippen molar-refractivity contribution in [2.45, 2.75) is 26.4 Å². The maximum absolute atomic E-state index is 12.7. The number of imidazole rings is 1. The summed E-state index contributed by atoms with van der Waals surface area (Å²) in [6, 6.07) is 7.79. The summed E-state index contributed by atoms with van der Waals surface area (Å²) in [7, 11) is 1.79. The first-order valence-electron chi connectivity index (χ1n) is 8.61. The highest BCUT2D eigenvalue weighted by Crippen LogP contribution is 2.18. The van der Waals surface area contributed by atoms with E-state index in [1.807, 2.05) is 55.5 Å². The molecule has 132 valence electrons. The molecule has 1 aliphatic rings. The second-order valence-electron chi connectivity index (χ2n) is 6.00. The van der Waals surface area contributed by atoms with Gasteiger partial charge in [0.05, 0.1) is 24.2 Å². The van der Waals surface area contributed by atoms with E-state index in [1.54, 1.807) is 16.2 Å². The Labute approximate surface area is 147 Å². The van der Waals surface area contributed by atoms with Gasteiger partial charge in [0.15, 0.2) is 0 Å². The van der Waals surface area contributed by atoms with E-state index in [2.05, 4.69) is 6.92 Å². The molecule has 1 aliphatic heterocycles. The number of benzene rings is 1. The Kier molecular flexibility index (Phi) is 5.24. The van der Waals surface area contributed by atoms with Crippen LogP contribution in [-0.2, 0) is 16.5 Å². The van der Waals surface area contributed by atoms with Crippen LogP contribution in [0.3, 0.4) is 0 Å². The van der Waals surface area contributed by atoms with Gasteiger partial charge >= 0.3 is 5.69 Å². The summed E-state index contributed by atoms with van der Waals surface area (Å²) in [5, 5.41) is 0. The van der Waals surface area contributed by atoms with Crippen molar-refractivity contribution in [3.63, 3.8) is 0 Å². The maximum atomic E-state index is 12.7. The lowest BCUT2D eigenvalue weighted by Crippen LogP contribution is -2.35. The van der Waals surface area contributed by atoms with Crippen molar-refractivity contribution in [2.24, 2.45) is 7.05 Å². The highest BCUT2D eigenvalue weighted by molar-refractivity contribution is 5.81. The third kappa shape index (κ3) is 3.46. The molecule has 0 bridgehead atoms. The molecule has 1 saturated heterocycles. The first kappa shape index (κ1) is 17.3. The Morgan fingerprint density at radius 2 is 2.00 bits per heavy atom. The first-order valence-corrected chi connectivity index (χ1v) is 8.61. The fraction of sp³-hybridized carbons (Fsp3) is 0.350. The molecule has 25 heavy (non-hydrogen) atoms. The summed E-state index contributed by atoms with van der Waals surface area (Å²) < 4.78 is 14.5. The molecule has 5 heteroatoms. The van der Waals surface area contributed by atoms with Gasteiger partial charge in [-0.3, -0.25) is 9.13 Å². The van der Waals surface area contributed by atoms with E-state index in [-0.39, 0.29) is 11.8 Å². The summed E-state index contributed by atoms with van der Waals surface area (Å²) in [4.78, 5) is 12.7. The van der Waals surface area contributed by atoms with Crippen molar-refractivity contribution >= 4 is 16.7 Å². The number of allylic oxidation sites excluding steroid dienone is 5. The van der Waals surface area contributed by atoms with Gasteiger partial charge in [-0.1, -0.05) is 25.1 Å². The van der Waals surface area contributed by atoms with Crippen LogP contribution >= 0.6 is 0 Å². The second kappa shape index (κ2) is 7.57. The van der Waals surface area contributed by atoms with E-state index in [4.69, 9.17) is 9.47 Å². The van der Waals surface area contributed by atoms with Crippen molar-refractivity contribution in [3.8, 4) is 0 Å². The fourth-order valence-electron chi connectivity index (χ4n) is 2.84. The zero-order valence-electron chi connectivity index (χ0n) is 14.9. The lowest BCUT2D eigenvalue weighted by atomic mass is 10.2. The third-order valence-electron chi connectivity index (χ3n) is 4.25. The highest BCUT2D eigenvalue weighted by atomic mass is 16.6. The molecular formula is C20H24N2O3. The average molecular weight is 340 g/mol. The van der Waals surface area contributed by atoms with Crippen LogP contribution in [0.5, 0.6) is 0 Å². The van der Waals surface area contributed by atoms with Gasteiger partial charge in [-0.15, -0.1) is 0 Å². The van der Waals surface area contributed by atoms with Gasteiger partial charge in [-0.05, 0) is 43.7 Å². The predicted octanol–water partition coefficient (Wildman–Crippen LogP) is 3.47. The fourth-order valence-corrected chi connectivity index (χ4v) is 2.84. The molecule has 2 aromatic rings.